The number of nitro benzene ring substituents is 1. The van der Waals surface area contributed by atoms with Gasteiger partial charge in [-0.25, -0.2) is 4.39 Å². The molecule has 0 unspecified atom stereocenters. The summed E-state index contributed by atoms with van der Waals surface area (Å²) in [5, 5.41) is 28.4. The van der Waals surface area contributed by atoms with Crippen molar-refractivity contribution in [1.29, 1.82) is 0 Å². The van der Waals surface area contributed by atoms with Gasteiger partial charge in [-0.15, -0.1) is 0 Å². The summed E-state index contributed by atoms with van der Waals surface area (Å²) in [6.45, 7) is -1.61. The first kappa shape index (κ1) is 16.1. The molecule has 1 aromatic carbocycles. The van der Waals surface area contributed by atoms with Gasteiger partial charge in [0.05, 0.1) is 18.1 Å². The standard InChI is InChI=1S/C11H11FN2O7/c1-21-9-3-7(8(14(19)20)2-6(9)12)13(4-10(15)16)5-11(17)18/h2-3H,4-5H2,1H3,(H,15,16)(H,17,18). The van der Waals surface area contributed by atoms with Crippen LogP contribution in [0.15, 0.2) is 12.1 Å². The zero-order valence-electron chi connectivity index (χ0n) is 10.8. The number of carboxylic acid groups (broad SMARTS) is 2. The van der Waals surface area contributed by atoms with Crippen molar-refractivity contribution in [1.82, 2.24) is 0 Å². The maximum absolute atomic E-state index is 13.5. The fourth-order valence-corrected chi connectivity index (χ4v) is 1.64. The number of halogens is 1. The van der Waals surface area contributed by atoms with Crippen molar-refractivity contribution in [3.05, 3.63) is 28.1 Å². The highest BCUT2D eigenvalue weighted by atomic mass is 19.1. The van der Waals surface area contributed by atoms with E-state index in [1.807, 2.05) is 0 Å². The molecular formula is C11H11FN2O7. The van der Waals surface area contributed by atoms with Crippen LogP contribution in [0.5, 0.6) is 5.75 Å². The lowest BCUT2D eigenvalue weighted by molar-refractivity contribution is -0.384. The average Bonchev–Trinajstić information content (AvgIpc) is 2.36. The number of aliphatic carboxylic acids is 2. The summed E-state index contributed by atoms with van der Waals surface area (Å²) in [6, 6.07) is 1.43. The van der Waals surface area contributed by atoms with Crippen LogP contribution in [0.4, 0.5) is 15.8 Å². The Morgan fingerprint density at radius 1 is 1.33 bits per heavy atom. The maximum atomic E-state index is 13.5. The van der Waals surface area contributed by atoms with Crippen molar-refractivity contribution in [3.8, 4) is 5.75 Å². The predicted octanol–water partition coefficient (Wildman–Crippen LogP) is 0.718. The van der Waals surface area contributed by atoms with Crippen LogP contribution in [0, 0.1) is 15.9 Å². The van der Waals surface area contributed by atoms with E-state index in [2.05, 4.69) is 4.74 Å². The Hall–Kier alpha value is -2.91. The first-order valence-electron chi connectivity index (χ1n) is 5.46. The number of nitro groups is 1. The van der Waals surface area contributed by atoms with E-state index < -0.39 is 41.5 Å². The van der Waals surface area contributed by atoms with Gasteiger partial charge in [0.1, 0.15) is 18.8 Å². The fourth-order valence-electron chi connectivity index (χ4n) is 1.64. The fraction of sp³-hybridized carbons (Fsp3) is 0.273. The molecule has 0 aliphatic carbocycles. The molecule has 0 aliphatic heterocycles. The number of carboxylic acids is 2. The van der Waals surface area contributed by atoms with Gasteiger partial charge >= 0.3 is 11.9 Å². The number of anilines is 1. The molecule has 0 fully saturated rings. The van der Waals surface area contributed by atoms with Gasteiger partial charge in [-0.3, -0.25) is 19.7 Å². The molecule has 2 N–H and O–H groups in total. The maximum Gasteiger partial charge on any atom is 0.323 e. The zero-order valence-corrected chi connectivity index (χ0v) is 10.8. The van der Waals surface area contributed by atoms with Crippen LogP contribution in [0.3, 0.4) is 0 Å². The summed E-state index contributed by atoms with van der Waals surface area (Å²) in [6.07, 6.45) is 0. The Labute approximate surface area is 117 Å². The molecular weight excluding hydrogens is 291 g/mol. The first-order chi connectivity index (χ1) is 9.76. The third kappa shape index (κ3) is 4.03. The van der Waals surface area contributed by atoms with Crippen molar-refractivity contribution in [2.75, 3.05) is 25.1 Å². The lowest BCUT2D eigenvalue weighted by Gasteiger charge is -2.21. The van der Waals surface area contributed by atoms with E-state index in [4.69, 9.17) is 10.2 Å². The highest BCUT2D eigenvalue weighted by molar-refractivity contribution is 5.82. The Balaban J connectivity index is 3.42. The average molecular weight is 302 g/mol. The SMILES string of the molecule is COc1cc(N(CC(=O)O)CC(=O)O)c([N+](=O)[O-])cc1F. The first-order valence-corrected chi connectivity index (χ1v) is 5.46. The van der Waals surface area contributed by atoms with E-state index in [9.17, 15) is 24.1 Å². The van der Waals surface area contributed by atoms with E-state index in [1.165, 1.54) is 0 Å². The molecule has 0 radical (unpaired) electrons. The third-order valence-corrected chi connectivity index (χ3v) is 2.44. The molecule has 0 saturated carbocycles. The second-order valence-corrected chi connectivity index (χ2v) is 3.88. The molecule has 21 heavy (non-hydrogen) atoms. The molecule has 0 aliphatic rings. The number of ether oxygens (including phenoxy) is 1. The van der Waals surface area contributed by atoms with Crippen molar-refractivity contribution >= 4 is 23.3 Å². The molecule has 0 spiro atoms. The molecule has 1 aromatic rings. The molecule has 0 heterocycles. The van der Waals surface area contributed by atoms with E-state index in [1.54, 1.807) is 0 Å². The molecule has 0 bridgehead atoms. The summed E-state index contributed by atoms with van der Waals surface area (Å²) >= 11 is 0. The molecule has 0 saturated heterocycles. The summed E-state index contributed by atoms with van der Waals surface area (Å²) in [4.78, 5) is 32.2. The molecule has 0 aromatic heterocycles. The number of benzene rings is 1. The number of nitrogens with zero attached hydrogens (tertiary/aromatic N) is 2. The van der Waals surface area contributed by atoms with Gasteiger partial charge in [-0.1, -0.05) is 0 Å². The van der Waals surface area contributed by atoms with Crippen LogP contribution in [0.2, 0.25) is 0 Å². The molecule has 1 rings (SSSR count). The van der Waals surface area contributed by atoms with Crippen LogP contribution in [0.1, 0.15) is 0 Å². The van der Waals surface area contributed by atoms with E-state index >= 15 is 0 Å². The molecule has 10 heteroatoms. The Bertz CT molecular complexity index is 574. The lowest BCUT2D eigenvalue weighted by Crippen LogP contribution is -2.35. The van der Waals surface area contributed by atoms with E-state index in [-0.39, 0.29) is 11.4 Å². The normalized spacial score (nSPS) is 10.0. The minimum atomic E-state index is -1.39. The predicted molar refractivity (Wildman–Crippen MR) is 67.1 cm³/mol. The molecule has 9 nitrogen and oxygen atoms in total. The second kappa shape index (κ2) is 6.50. The summed E-state index contributed by atoms with van der Waals surface area (Å²) in [5.74, 6) is -4.17. The van der Waals surface area contributed by atoms with Crippen LogP contribution in [0.25, 0.3) is 0 Å². The highest BCUT2D eigenvalue weighted by Gasteiger charge is 2.26. The van der Waals surface area contributed by atoms with Gasteiger partial charge < -0.3 is 19.8 Å². The number of hydrogen-bond donors (Lipinski definition) is 2. The Kier molecular flexibility index (Phi) is 5.00. The van der Waals surface area contributed by atoms with Crippen molar-refractivity contribution < 1.29 is 33.9 Å². The van der Waals surface area contributed by atoms with Gasteiger partial charge in [-0.05, 0) is 0 Å². The Morgan fingerprint density at radius 3 is 2.24 bits per heavy atom. The largest absolute Gasteiger partial charge is 0.494 e. The smallest absolute Gasteiger partial charge is 0.323 e. The molecule has 0 amide bonds. The monoisotopic (exact) mass is 302 g/mol. The van der Waals surface area contributed by atoms with Gasteiger partial charge in [0, 0.05) is 6.07 Å². The lowest BCUT2D eigenvalue weighted by atomic mass is 10.2. The molecule has 0 atom stereocenters. The number of methoxy groups -OCH3 is 1. The van der Waals surface area contributed by atoms with Gasteiger partial charge in [0.15, 0.2) is 11.6 Å². The minimum Gasteiger partial charge on any atom is -0.494 e. The topological polar surface area (TPSA) is 130 Å². The molecule has 114 valence electrons. The second-order valence-electron chi connectivity index (χ2n) is 3.88. The van der Waals surface area contributed by atoms with Crippen molar-refractivity contribution in [3.63, 3.8) is 0 Å². The number of hydrogen-bond acceptors (Lipinski definition) is 6. The van der Waals surface area contributed by atoms with Crippen molar-refractivity contribution in [2.24, 2.45) is 0 Å². The summed E-state index contributed by atoms with van der Waals surface area (Å²) in [7, 11) is 1.12. The van der Waals surface area contributed by atoms with Gasteiger partial charge in [0.25, 0.3) is 5.69 Å². The van der Waals surface area contributed by atoms with Crippen molar-refractivity contribution in [2.45, 2.75) is 0 Å². The summed E-state index contributed by atoms with van der Waals surface area (Å²) in [5.41, 5.74) is -1.11. The number of rotatable bonds is 7. The van der Waals surface area contributed by atoms with E-state index in [0.29, 0.717) is 6.07 Å². The summed E-state index contributed by atoms with van der Waals surface area (Å²) < 4.78 is 18.2. The Morgan fingerprint density at radius 2 is 1.86 bits per heavy atom. The van der Waals surface area contributed by atoms with Crippen LogP contribution in [-0.2, 0) is 9.59 Å². The minimum absolute atomic E-state index is 0.358. The zero-order chi connectivity index (χ0) is 16.2. The van der Waals surface area contributed by atoms with Gasteiger partial charge in [0.2, 0.25) is 0 Å². The van der Waals surface area contributed by atoms with Crippen LogP contribution in [-0.4, -0.2) is 47.3 Å². The van der Waals surface area contributed by atoms with Crippen LogP contribution < -0.4 is 9.64 Å². The van der Waals surface area contributed by atoms with E-state index in [0.717, 1.165) is 18.1 Å². The number of carbonyl (C=O) groups is 2. The quantitative estimate of drug-likeness (QED) is 0.556. The van der Waals surface area contributed by atoms with Crippen LogP contribution >= 0.6 is 0 Å². The highest BCUT2D eigenvalue weighted by Crippen LogP contribution is 2.34. The van der Waals surface area contributed by atoms with Gasteiger partial charge in [-0.2, -0.15) is 0 Å². The third-order valence-electron chi connectivity index (χ3n) is 2.44.